The Labute approximate surface area is 195 Å². The molecular weight excluding hydrogens is 481 g/mol. The molecule has 0 aliphatic carbocycles. The number of nitrogens with zero attached hydrogens (tertiary/aromatic N) is 6. The zero-order valence-corrected chi connectivity index (χ0v) is 18.9. The van der Waals surface area contributed by atoms with Crippen LogP contribution >= 0.6 is 23.4 Å². The van der Waals surface area contributed by atoms with Gasteiger partial charge in [0.2, 0.25) is 0 Å². The van der Waals surface area contributed by atoms with Crippen molar-refractivity contribution in [2.45, 2.75) is 37.6 Å². The summed E-state index contributed by atoms with van der Waals surface area (Å²) in [7, 11) is 0. The van der Waals surface area contributed by atoms with Crippen molar-refractivity contribution in [3.8, 4) is 11.4 Å². The average molecular weight is 497 g/mol. The molecule has 2 aromatic carbocycles. The van der Waals surface area contributed by atoms with Gasteiger partial charge in [0.1, 0.15) is 5.75 Å². The second-order valence-corrected chi connectivity index (χ2v) is 8.34. The summed E-state index contributed by atoms with van der Waals surface area (Å²) in [6.45, 7) is 3.97. The largest absolute Gasteiger partial charge is 0.484 e. The van der Waals surface area contributed by atoms with Gasteiger partial charge in [0.05, 0.1) is 17.0 Å². The number of halogens is 4. The lowest BCUT2D eigenvalue weighted by Crippen LogP contribution is -2.13. The van der Waals surface area contributed by atoms with E-state index in [0.29, 0.717) is 5.75 Å². The van der Waals surface area contributed by atoms with Crippen LogP contribution in [-0.2, 0) is 18.5 Å². The second-order valence-electron chi connectivity index (χ2n) is 6.97. The molecule has 0 aliphatic rings. The Bertz CT molecular complexity index is 1280. The third-order valence-corrected chi connectivity index (χ3v) is 5.54. The van der Waals surface area contributed by atoms with Crippen molar-refractivity contribution in [1.29, 1.82) is 0 Å². The van der Waals surface area contributed by atoms with Crippen LogP contribution in [0.15, 0.2) is 46.0 Å². The normalized spacial score (nSPS) is 11.7. The molecular formula is C20H16ClF3N6O2S. The van der Waals surface area contributed by atoms with Crippen LogP contribution in [-0.4, -0.2) is 30.4 Å². The standard InChI is InChI=1S/C20H16ClF3N6O2S/c1-11-3-4-12(2)16(7-11)31-9-18-26-27-19(32-18)33-10-17-25-28-29-30(17)15-6-5-13(21)8-14(15)20(22,23)24/h3-8H,9-10H2,1-2H3. The maximum absolute atomic E-state index is 13.5. The summed E-state index contributed by atoms with van der Waals surface area (Å²) in [5, 5.41) is 19.0. The van der Waals surface area contributed by atoms with Crippen LogP contribution in [0, 0.1) is 13.8 Å². The first-order valence-electron chi connectivity index (χ1n) is 9.50. The van der Waals surface area contributed by atoms with Crippen LogP contribution in [0.25, 0.3) is 5.69 Å². The zero-order chi connectivity index (χ0) is 23.6. The van der Waals surface area contributed by atoms with Crippen LogP contribution in [0.4, 0.5) is 13.2 Å². The maximum Gasteiger partial charge on any atom is 0.418 e. The number of hydrogen-bond donors (Lipinski definition) is 0. The van der Waals surface area contributed by atoms with Crippen molar-refractivity contribution in [2.75, 3.05) is 0 Å². The quantitative estimate of drug-likeness (QED) is 0.322. The highest BCUT2D eigenvalue weighted by Crippen LogP contribution is 2.36. The molecule has 8 nitrogen and oxygen atoms in total. The SMILES string of the molecule is Cc1ccc(C)c(OCc2nnc(SCc3nnnn3-c3ccc(Cl)cc3C(F)(F)F)o2)c1. The predicted octanol–water partition coefficient (Wildman–Crippen LogP) is 5.21. The van der Waals surface area contributed by atoms with Crippen molar-refractivity contribution in [1.82, 2.24) is 30.4 Å². The van der Waals surface area contributed by atoms with Crippen molar-refractivity contribution < 1.29 is 22.3 Å². The molecule has 2 heterocycles. The van der Waals surface area contributed by atoms with Gasteiger partial charge in [-0.05, 0) is 59.7 Å². The summed E-state index contributed by atoms with van der Waals surface area (Å²) >= 11 is 6.83. The van der Waals surface area contributed by atoms with Crippen LogP contribution < -0.4 is 4.74 Å². The molecule has 0 saturated carbocycles. The minimum Gasteiger partial charge on any atom is -0.484 e. The van der Waals surface area contributed by atoms with E-state index in [-0.39, 0.29) is 40.0 Å². The topological polar surface area (TPSA) is 91.8 Å². The van der Waals surface area contributed by atoms with E-state index in [4.69, 9.17) is 20.8 Å². The number of aromatic nitrogens is 6. The van der Waals surface area contributed by atoms with Crippen molar-refractivity contribution in [2.24, 2.45) is 0 Å². The van der Waals surface area contributed by atoms with Gasteiger partial charge < -0.3 is 9.15 Å². The minimum absolute atomic E-state index is 0.0449. The van der Waals surface area contributed by atoms with Crippen LogP contribution in [0.1, 0.15) is 28.4 Å². The van der Waals surface area contributed by atoms with Crippen molar-refractivity contribution in [3.63, 3.8) is 0 Å². The third-order valence-electron chi connectivity index (χ3n) is 4.49. The van der Waals surface area contributed by atoms with E-state index in [1.807, 2.05) is 32.0 Å². The number of rotatable bonds is 7. The molecule has 0 bridgehead atoms. The van der Waals surface area contributed by atoms with Gasteiger partial charge in [0.15, 0.2) is 12.4 Å². The van der Waals surface area contributed by atoms with E-state index in [1.165, 1.54) is 12.1 Å². The molecule has 0 amide bonds. The van der Waals surface area contributed by atoms with Crippen molar-refractivity contribution in [3.05, 3.63) is 69.8 Å². The minimum atomic E-state index is -4.63. The molecule has 0 atom stereocenters. The predicted molar refractivity (Wildman–Crippen MR) is 113 cm³/mol. The van der Waals surface area contributed by atoms with Gasteiger partial charge in [-0.15, -0.1) is 15.3 Å². The zero-order valence-electron chi connectivity index (χ0n) is 17.3. The summed E-state index contributed by atoms with van der Waals surface area (Å²) in [6.07, 6.45) is -4.63. The molecule has 0 N–H and O–H groups in total. The monoisotopic (exact) mass is 496 g/mol. The first-order chi connectivity index (χ1) is 15.7. The molecule has 0 unspecified atom stereocenters. The Balaban J connectivity index is 1.45. The summed E-state index contributed by atoms with van der Waals surface area (Å²) in [6, 6.07) is 9.23. The van der Waals surface area contributed by atoms with Gasteiger partial charge in [-0.25, -0.2) is 0 Å². The molecule has 172 valence electrons. The molecule has 13 heteroatoms. The Morgan fingerprint density at radius 2 is 1.91 bits per heavy atom. The number of benzene rings is 2. The molecule has 4 aromatic rings. The Kier molecular flexibility index (Phi) is 6.56. The lowest BCUT2D eigenvalue weighted by Gasteiger charge is -2.13. The smallest absolute Gasteiger partial charge is 0.418 e. The number of hydrogen-bond acceptors (Lipinski definition) is 8. The molecule has 2 aromatic heterocycles. The number of tetrazole rings is 1. The third kappa shape index (κ3) is 5.45. The number of thioether (sulfide) groups is 1. The van der Waals surface area contributed by atoms with Gasteiger partial charge >= 0.3 is 6.18 Å². The Morgan fingerprint density at radius 3 is 2.70 bits per heavy atom. The lowest BCUT2D eigenvalue weighted by atomic mass is 10.1. The summed E-state index contributed by atoms with van der Waals surface area (Å²) in [5.74, 6) is 1.23. The Morgan fingerprint density at radius 1 is 1.09 bits per heavy atom. The first kappa shape index (κ1) is 23.1. The molecule has 0 saturated heterocycles. The van der Waals surface area contributed by atoms with Crippen LogP contribution in [0.3, 0.4) is 0 Å². The molecule has 4 rings (SSSR count). The fraction of sp³-hybridized carbons (Fsp3) is 0.250. The van der Waals surface area contributed by atoms with Crippen molar-refractivity contribution >= 4 is 23.4 Å². The molecule has 0 spiro atoms. The Hall–Kier alpha value is -3.12. The highest BCUT2D eigenvalue weighted by Gasteiger charge is 2.35. The van der Waals surface area contributed by atoms with E-state index < -0.39 is 11.7 Å². The first-order valence-corrected chi connectivity index (χ1v) is 10.9. The molecule has 0 aliphatic heterocycles. The maximum atomic E-state index is 13.5. The highest BCUT2D eigenvalue weighted by atomic mass is 35.5. The molecule has 0 fully saturated rings. The fourth-order valence-electron chi connectivity index (χ4n) is 2.89. The van der Waals surface area contributed by atoms with Gasteiger partial charge in [0, 0.05) is 5.02 Å². The van der Waals surface area contributed by atoms with Gasteiger partial charge in [0.25, 0.3) is 11.1 Å². The second kappa shape index (κ2) is 9.40. The van der Waals surface area contributed by atoms with E-state index in [1.54, 1.807) is 0 Å². The summed E-state index contributed by atoms with van der Waals surface area (Å²) in [4.78, 5) is 0. The highest BCUT2D eigenvalue weighted by molar-refractivity contribution is 7.98. The molecule has 33 heavy (non-hydrogen) atoms. The van der Waals surface area contributed by atoms with Crippen LogP contribution in [0.2, 0.25) is 5.02 Å². The van der Waals surface area contributed by atoms with E-state index in [2.05, 4.69) is 25.7 Å². The van der Waals surface area contributed by atoms with Crippen LogP contribution in [0.5, 0.6) is 5.75 Å². The average Bonchev–Trinajstić information content (AvgIpc) is 3.41. The summed E-state index contributed by atoms with van der Waals surface area (Å²) < 4.78 is 52.7. The number of alkyl halides is 3. The molecule has 0 radical (unpaired) electrons. The number of aryl methyl sites for hydroxylation is 2. The van der Waals surface area contributed by atoms with Gasteiger partial charge in [-0.3, -0.25) is 0 Å². The number of ether oxygens (including phenoxy) is 1. The fourth-order valence-corrected chi connectivity index (χ4v) is 3.74. The van der Waals surface area contributed by atoms with E-state index in [0.717, 1.165) is 33.6 Å². The van der Waals surface area contributed by atoms with E-state index in [9.17, 15) is 13.2 Å². The van der Waals surface area contributed by atoms with E-state index >= 15 is 0 Å². The summed E-state index contributed by atoms with van der Waals surface area (Å²) in [5.41, 5.74) is 0.851. The lowest BCUT2D eigenvalue weighted by molar-refractivity contribution is -0.137. The van der Waals surface area contributed by atoms with Gasteiger partial charge in [-0.1, -0.05) is 35.5 Å². The van der Waals surface area contributed by atoms with Gasteiger partial charge in [-0.2, -0.15) is 17.9 Å².